The van der Waals surface area contributed by atoms with Gasteiger partial charge in [0.05, 0.1) is 17.5 Å². The van der Waals surface area contributed by atoms with E-state index >= 15 is 0 Å². The van der Waals surface area contributed by atoms with Crippen molar-refractivity contribution in [2.45, 2.75) is 38.0 Å². The molecule has 0 aromatic heterocycles. The topological polar surface area (TPSA) is 46.5 Å². The number of carboxylic acids is 1. The molecule has 1 aliphatic rings. The molecule has 1 saturated carbocycles. The van der Waals surface area contributed by atoms with E-state index in [-0.39, 0.29) is 5.02 Å². The van der Waals surface area contributed by atoms with Gasteiger partial charge in [-0.25, -0.2) is 4.39 Å². The zero-order chi connectivity index (χ0) is 14.2. The lowest BCUT2D eigenvalue weighted by Crippen LogP contribution is -2.33. The summed E-state index contributed by atoms with van der Waals surface area (Å²) in [6.45, 7) is 1.69. The molecule has 1 fully saturated rings. The number of rotatable bonds is 3. The van der Waals surface area contributed by atoms with Crippen molar-refractivity contribution >= 4 is 17.6 Å². The Labute approximate surface area is 116 Å². The Morgan fingerprint density at radius 1 is 1.47 bits per heavy atom. The van der Waals surface area contributed by atoms with Gasteiger partial charge in [-0.2, -0.15) is 0 Å². The molecular weight excluding hydrogens is 271 g/mol. The summed E-state index contributed by atoms with van der Waals surface area (Å²) in [5, 5.41) is 9.47. The zero-order valence-corrected chi connectivity index (χ0v) is 11.7. The van der Waals surface area contributed by atoms with Gasteiger partial charge in [0.2, 0.25) is 0 Å². The van der Waals surface area contributed by atoms with E-state index in [1.165, 1.54) is 13.2 Å². The highest BCUT2D eigenvalue weighted by Crippen LogP contribution is 2.49. The van der Waals surface area contributed by atoms with Crippen LogP contribution in [0.1, 0.15) is 36.8 Å². The smallest absolute Gasteiger partial charge is 0.314 e. The minimum atomic E-state index is -1.13. The van der Waals surface area contributed by atoms with Crippen LogP contribution in [-0.2, 0) is 10.2 Å². The third kappa shape index (κ3) is 2.08. The van der Waals surface area contributed by atoms with Crippen LogP contribution in [0.25, 0.3) is 0 Å². The molecule has 0 unspecified atom stereocenters. The van der Waals surface area contributed by atoms with Crippen molar-refractivity contribution in [2.24, 2.45) is 0 Å². The number of ether oxygens (including phenoxy) is 1. The zero-order valence-electron chi connectivity index (χ0n) is 10.9. The molecular formula is C14H16ClFO3. The van der Waals surface area contributed by atoms with Gasteiger partial charge in [0, 0.05) is 5.56 Å². The maximum Gasteiger partial charge on any atom is 0.314 e. The highest BCUT2D eigenvalue weighted by atomic mass is 35.5. The number of halogens is 2. The highest BCUT2D eigenvalue weighted by molar-refractivity contribution is 6.32. The van der Waals surface area contributed by atoms with Crippen molar-refractivity contribution in [3.05, 3.63) is 28.0 Å². The molecule has 0 amide bonds. The Morgan fingerprint density at radius 3 is 2.53 bits per heavy atom. The molecule has 0 aliphatic heterocycles. The molecule has 0 bridgehead atoms. The SMILES string of the molecule is COc1c(C)cc(F)c(Cl)c1C1(C(=O)O)CCCC1. The van der Waals surface area contributed by atoms with E-state index in [2.05, 4.69) is 0 Å². The lowest BCUT2D eigenvalue weighted by Gasteiger charge is -2.28. The molecule has 0 radical (unpaired) electrons. The van der Waals surface area contributed by atoms with Crippen LogP contribution < -0.4 is 4.74 Å². The van der Waals surface area contributed by atoms with Gasteiger partial charge in [-0.1, -0.05) is 24.4 Å². The van der Waals surface area contributed by atoms with Crippen LogP contribution in [0.2, 0.25) is 5.02 Å². The number of carboxylic acid groups (broad SMARTS) is 1. The van der Waals surface area contributed by atoms with Gasteiger partial charge >= 0.3 is 5.97 Å². The molecule has 19 heavy (non-hydrogen) atoms. The number of hydrogen-bond acceptors (Lipinski definition) is 2. The van der Waals surface area contributed by atoms with Crippen molar-refractivity contribution in [1.82, 2.24) is 0 Å². The van der Waals surface area contributed by atoms with E-state index < -0.39 is 17.2 Å². The molecule has 2 rings (SSSR count). The second-order valence-electron chi connectivity index (χ2n) is 4.99. The fraction of sp³-hybridized carbons (Fsp3) is 0.500. The predicted octanol–water partition coefficient (Wildman–Crippen LogP) is 3.69. The molecule has 0 atom stereocenters. The minimum Gasteiger partial charge on any atom is -0.496 e. The molecule has 1 aromatic rings. The van der Waals surface area contributed by atoms with Crippen LogP contribution in [0.3, 0.4) is 0 Å². The monoisotopic (exact) mass is 286 g/mol. The molecule has 5 heteroatoms. The Balaban J connectivity index is 2.76. The van der Waals surface area contributed by atoms with Gasteiger partial charge < -0.3 is 9.84 Å². The van der Waals surface area contributed by atoms with Gasteiger partial charge in [0.25, 0.3) is 0 Å². The molecule has 3 nitrogen and oxygen atoms in total. The number of carbonyl (C=O) groups is 1. The number of aryl methyl sites for hydroxylation is 1. The van der Waals surface area contributed by atoms with Crippen LogP contribution in [0.15, 0.2) is 6.07 Å². The first-order chi connectivity index (χ1) is 8.94. The van der Waals surface area contributed by atoms with Crippen molar-refractivity contribution in [3.63, 3.8) is 0 Å². The summed E-state index contributed by atoms with van der Waals surface area (Å²) in [5.41, 5.74) is -0.277. The Hall–Kier alpha value is -1.29. The van der Waals surface area contributed by atoms with Crippen LogP contribution in [-0.4, -0.2) is 18.2 Å². The number of methoxy groups -OCH3 is 1. The minimum absolute atomic E-state index is 0.133. The van der Waals surface area contributed by atoms with Crippen molar-refractivity contribution in [2.75, 3.05) is 7.11 Å². The normalized spacial score (nSPS) is 17.5. The Kier molecular flexibility index (Phi) is 3.72. The lowest BCUT2D eigenvalue weighted by molar-refractivity contribution is -0.143. The van der Waals surface area contributed by atoms with E-state index in [9.17, 15) is 14.3 Å². The standard InChI is InChI=1S/C14H16ClFO3/c1-8-7-9(16)11(15)10(12(8)19-2)14(13(17)18)5-3-4-6-14/h7H,3-6H2,1-2H3,(H,17,18). The number of aliphatic carboxylic acids is 1. The number of benzene rings is 1. The summed E-state index contributed by atoms with van der Waals surface area (Å²) in [5.74, 6) is -1.17. The van der Waals surface area contributed by atoms with E-state index in [4.69, 9.17) is 16.3 Å². The molecule has 0 heterocycles. The molecule has 1 aliphatic carbocycles. The third-order valence-electron chi connectivity index (χ3n) is 3.91. The van der Waals surface area contributed by atoms with Gasteiger partial charge in [-0.15, -0.1) is 0 Å². The van der Waals surface area contributed by atoms with Crippen LogP contribution in [0.5, 0.6) is 5.75 Å². The first kappa shape index (κ1) is 14.1. The number of hydrogen-bond donors (Lipinski definition) is 1. The Morgan fingerprint density at radius 2 is 2.05 bits per heavy atom. The summed E-state index contributed by atoms with van der Waals surface area (Å²) in [4.78, 5) is 11.7. The lowest BCUT2D eigenvalue weighted by atomic mass is 9.77. The van der Waals surface area contributed by atoms with E-state index in [0.717, 1.165) is 12.8 Å². The summed E-state index contributed by atoms with van der Waals surface area (Å²) in [6.07, 6.45) is 2.51. The molecule has 0 spiro atoms. The summed E-state index contributed by atoms with van der Waals surface area (Å²) < 4.78 is 19.1. The first-order valence-corrected chi connectivity index (χ1v) is 6.58. The average molecular weight is 287 g/mol. The Bertz CT molecular complexity index is 522. The predicted molar refractivity (Wildman–Crippen MR) is 70.5 cm³/mol. The second-order valence-corrected chi connectivity index (χ2v) is 5.37. The second kappa shape index (κ2) is 5.00. The molecule has 104 valence electrons. The molecule has 1 N–H and O–H groups in total. The largest absolute Gasteiger partial charge is 0.496 e. The summed E-state index contributed by atoms with van der Waals surface area (Å²) in [7, 11) is 1.45. The quantitative estimate of drug-likeness (QED) is 0.922. The van der Waals surface area contributed by atoms with Crippen LogP contribution in [0.4, 0.5) is 4.39 Å². The van der Waals surface area contributed by atoms with E-state index in [1.54, 1.807) is 6.92 Å². The highest BCUT2D eigenvalue weighted by Gasteiger charge is 2.47. The first-order valence-electron chi connectivity index (χ1n) is 6.20. The average Bonchev–Trinajstić information content (AvgIpc) is 2.83. The summed E-state index contributed by atoms with van der Waals surface area (Å²) >= 11 is 6.04. The van der Waals surface area contributed by atoms with Crippen molar-refractivity contribution < 1.29 is 19.0 Å². The molecule has 0 saturated heterocycles. The van der Waals surface area contributed by atoms with Gasteiger partial charge in [0.15, 0.2) is 0 Å². The van der Waals surface area contributed by atoms with Gasteiger partial charge in [-0.3, -0.25) is 4.79 Å². The van der Waals surface area contributed by atoms with Crippen molar-refractivity contribution in [3.8, 4) is 5.75 Å². The maximum absolute atomic E-state index is 13.9. The molecule has 1 aromatic carbocycles. The van der Waals surface area contributed by atoms with Crippen molar-refractivity contribution in [1.29, 1.82) is 0 Å². The van der Waals surface area contributed by atoms with Gasteiger partial charge in [0.1, 0.15) is 11.6 Å². The fourth-order valence-electron chi connectivity index (χ4n) is 2.98. The van der Waals surface area contributed by atoms with E-state index in [0.29, 0.717) is 29.7 Å². The third-order valence-corrected chi connectivity index (χ3v) is 4.28. The van der Waals surface area contributed by atoms with Gasteiger partial charge in [-0.05, 0) is 31.4 Å². The maximum atomic E-state index is 13.9. The fourth-order valence-corrected chi connectivity index (χ4v) is 3.30. The van der Waals surface area contributed by atoms with Crippen LogP contribution >= 0.6 is 11.6 Å². The van der Waals surface area contributed by atoms with Crippen LogP contribution in [0, 0.1) is 12.7 Å². The van der Waals surface area contributed by atoms with E-state index in [1.807, 2.05) is 0 Å². The summed E-state index contributed by atoms with van der Waals surface area (Å²) in [6, 6.07) is 1.27.